The first-order chi connectivity index (χ1) is 14.4. The monoisotopic (exact) mass is 427 g/mol. The van der Waals surface area contributed by atoms with Gasteiger partial charge < -0.3 is 4.74 Å². The van der Waals surface area contributed by atoms with Gasteiger partial charge in [0, 0.05) is 28.5 Å². The number of ketones is 1. The highest BCUT2D eigenvalue weighted by molar-refractivity contribution is 7.12. The van der Waals surface area contributed by atoms with E-state index in [0.29, 0.717) is 24.1 Å². The first kappa shape index (κ1) is 20.2. The zero-order chi connectivity index (χ0) is 21.4. The van der Waals surface area contributed by atoms with Crippen LogP contribution in [0.2, 0.25) is 0 Å². The van der Waals surface area contributed by atoms with Gasteiger partial charge in [-0.05, 0) is 32.8 Å². The number of aromatic nitrogens is 2. The fraction of sp³-hybridized carbons (Fsp3) is 0.381. The highest BCUT2D eigenvalue weighted by atomic mass is 32.1. The number of hydrogen-bond acceptors (Lipinski definition) is 7. The number of fused-ring (bicyclic) bond motifs is 1. The summed E-state index contributed by atoms with van der Waals surface area (Å²) in [7, 11) is 0. The molecule has 2 amide bonds. The molecule has 8 nitrogen and oxygen atoms in total. The van der Waals surface area contributed by atoms with Gasteiger partial charge in [0.2, 0.25) is 17.6 Å². The summed E-state index contributed by atoms with van der Waals surface area (Å²) in [6, 6.07) is 1.73. The van der Waals surface area contributed by atoms with Gasteiger partial charge >= 0.3 is 5.97 Å². The van der Waals surface area contributed by atoms with Gasteiger partial charge in [-0.25, -0.2) is 4.98 Å². The molecule has 9 heteroatoms. The minimum Gasteiger partial charge on any atom is -0.456 e. The number of carbonyl (C=O) groups excluding carboxylic acids is 4. The van der Waals surface area contributed by atoms with E-state index in [-0.39, 0.29) is 17.6 Å². The number of rotatable bonds is 6. The van der Waals surface area contributed by atoms with Gasteiger partial charge in [0.15, 0.2) is 11.7 Å². The standard InChI is InChI=1S/C21H21N3O5S/c1-12-9-16(13(2)24(12)21-22-7-8-30-21)17(25)11-29-18(26)10-23-19(27)14-5-3-4-6-15(14)20(23)28/h3-4,7-9,14-15H,5-6,10-11H2,1-2H3/t14-,15+. The summed E-state index contributed by atoms with van der Waals surface area (Å²) < 4.78 is 6.96. The van der Waals surface area contributed by atoms with Crippen molar-refractivity contribution in [3.05, 3.63) is 46.7 Å². The van der Waals surface area contributed by atoms with E-state index in [1.54, 1.807) is 19.2 Å². The third-order valence-electron chi connectivity index (χ3n) is 5.59. The van der Waals surface area contributed by atoms with Crippen LogP contribution in [0.5, 0.6) is 0 Å². The Bertz CT molecular complexity index is 1030. The molecule has 0 saturated carbocycles. The average Bonchev–Trinajstić information content (AvgIpc) is 3.41. The lowest BCUT2D eigenvalue weighted by molar-refractivity contribution is -0.152. The van der Waals surface area contributed by atoms with Crippen molar-refractivity contribution in [3.8, 4) is 5.13 Å². The topological polar surface area (TPSA) is 98.6 Å². The van der Waals surface area contributed by atoms with Crippen molar-refractivity contribution >= 4 is 34.9 Å². The van der Waals surface area contributed by atoms with Crippen LogP contribution in [0, 0.1) is 25.7 Å². The van der Waals surface area contributed by atoms with Crippen molar-refractivity contribution in [1.29, 1.82) is 0 Å². The molecule has 3 heterocycles. The number of hydrogen-bond donors (Lipinski definition) is 0. The van der Waals surface area contributed by atoms with E-state index in [1.165, 1.54) is 11.3 Å². The first-order valence-corrected chi connectivity index (χ1v) is 10.5. The number of likely N-dealkylation sites (tertiary alicyclic amines) is 1. The van der Waals surface area contributed by atoms with Crippen LogP contribution in [0.25, 0.3) is 5.13 Å². The number of thiazole rings is 1. The maximum absolute atomic E-state index is 12.6. The van der Waals surface area contributed by atoms with Crippen LogP contribution in [-0.4, -0.2) is 51.2 Å². The summed E-state index contributed by atoms with van der Waals surface area (Å²) in [4.78, 5) is 54.9. The van der Waals surface area contributed by atoms with Crippen LogP contribution in [0.15, 0.2) is 29.8 Å². The number of carbonyl (C=O) groups is 4. The lowest BCUT2D eigenvalue weighted by Crippen LogP contribution is -2.37. The largest absolute Gasteiger partial charge is 0.456 e. The molecule has 2 aromatic rings. The Morgan fingerprint density at radius 2 is 1.83 bits per heavy atom. The lowest BCUT2D eigenvalue weighted by atomic mass is 9.85. The van der Waals surface area contributed by atoms with Crippen molar-refractivity contribution in [1.82, 2.24) is 14.5 Å². The van der Waals surface area contributed by atoms with E-state index in [1.807, 2.05) is 29.0 Å². The third-order valence-corrected chi connectivity index (χ3v) is 6.35. The molecule has 0 bridgehead atoms. The number of imide groups is 1. The second-order valence-electron chi connectivity index (χ2n) is 7.44. The normalized spacial score (nSPS) is 20.5. The second kappa shape index (κ2) is 7.98. The average molecular weight is 427 g/mol. The fourth-order valence-electron chi connectivity index (χ4n) is 4.09. The van der Waals surface area contributed by atoms with E-state index in [4.69, 9.17) is 4.74 Å². The van der Waals surface area contributed by atoms with Gasteiger partial charge in [0.1, 0.15) is 6.54 Å². The van der Waals surface area contributed by atoms with Crippen molar-refractivity contribution < 1.29 is 23.9 Å². The Balaban J connectivity index is 1.38. The van der Waals surface area contributed by atoms with Crippen LogP contribution < -0.4 is 0 Å². The summed E-state index contributed by atoms with van der Waals surface area (Å²) >= 11 is 1.46. The molecule has 0 spiro atoms. The number of Topliss-reactive ketones (excluding diaryl/α,β-unsaturated/α-hetero) is 1. The number of nitrogens with zero attached hydrogens (tertiary/aromatic N) is 3. The van der Waals surface area contributed by atoms with Gasteiger partial charge in [-0.2, -0.15) is 0 Å². The van der Waals surface area contributed by atoms with Crippen LogP contribution in [0.3, 0.4) is 0 Å². The smallest absolute Gasteiger partial charge is 0.326 e. The molecule has 4 rings (SSSR count). The fourth-order valence-corrected chi connectivity index (χ4v) is 4.84. The van der Waals surface area contributed by atoms with E-state index in [2.05, 4.69) is 4.98 Å². The molecule has 1 aliphatic heterocycles. The minimum atomic E-state index is -0.773. The lowest BCUT2D eigenvalue weighted by Gasteiger charge is -2.14. The molecular formula is C21H21N3O5S. The Morgan fingerprint density at radius 1 is 1.17 bits per heavy atom. The quantitative estimate of drug-likeness (QED) is 0.303. The van der Waals surface area contributed by atoms with Crippen LogP contribution in [0.4, 0.5) is 0 Å². The Kier molecular flexibility index (Phi) is 5.38. The van der Waals surface area contributed by atoms with Crippen molar-refractivity contribution in [3.63, 3.8) is 0 Å². The third kappa shape index (κ3) is 3.49. The Labute approximate surface area is 177 Å². The molecule has 0 N–H and O–H groups in total. The summed E-state index contributed by atoms with van der Waals surface area (Å²) in [6.45, 7) is 2.76. The summed E-state index contributed by atoms with van der Waals surface area (Å²) in [5.41, 5.74) is 2.01. The van der Waals surface area contributed by atoms with Gasteiger partial charge in [-0.3, -0.25) is 28.6 Å². The number of aryl methyl sites for hydroxylation is 1. The van der Waals surface area contributed by atoms with Crippen LogP contribution in [0.1, 0.15) is 34.6 Å². The maximum atomic E-state index is 12.6. The Hall–Kier alpha value is -3.07. The summed E-state index contributed by atoms with van der Waals surface area (Å²) in [6.07, 6.45) is 6.47. The molecular weight excluding hydrogens is 406 g/mol. The molecule has 30 heavy (non-hydrogen) atoms. The molecule has 1 saturated heterocycles. The van der Waals surface area contributed by atoms with E-state index < -0.39 is 31.0 Å². The molecule has 156 valence electrons. The van der Waals surface area contributed by atoms with Crippen molar-refractivity contribution in [2.75, 3.05) is 13.2 Å². The van der Waals surface area contributed by atoms with Gasteiger partial charge in [-0.15, -0.1) is 11.3 Å². The Morgan fingerprint density at radius 3 is 2.43 bits per heavy atom. The van der Waals surface area contributed by atoms with E-state index in [9.17, 15) is 19.2 Å². The van der Waals surface area contributed by atoms with Gasteiger partial charge in [-0.1, -0.05) is 12.2 Å². The molecule has 0 aromatic carbocycles. The molecule has 2 aromatic heterocycles. The summed E-state index contributed by atoms with van der Waals surface area (Å²) in [5, 5.41) is 2.60. The predicted molar refractivity (Wildman–Crippen MR) is 108 cm³/mol. The zero-order valence-corrected chi connectivity index (χ0v) is 17.5. The molecule has 2 aliphatic rings. The van der Waals surface area contributed by atoms with Crippen LogP contribution in [-0.2, 0) is 19.1 Å². The number of allylic oxidation sites excluding steroid dienone is 2. The predicted octanol–water partition coefficient (Wildman–Crippen LogP) is 2.23. The maximum Gasteiger partial charge on any atom is 0.326 e. The zero-order valence-electron chi connectivity index (χ0n) is 16.7. The highest BCUT2D eigenvalue weighted by Gasteiger charge is 2.47. The number of amides is 2. The molecule has 2 atom stereocenters. The van der Waals surface area contributed by atoms with Gasteiger partial charge in [0.25, 0.3) is 0 Å². The molecule has 0 unspecified atom stereocenters. The first-order valence-electron chi connectivity index (χ1n) is 9.66. The van der Waals surface area contributed by atoms with Gasteiger partial charge in [0.05, 0.1) is 11.8 Å². The molecule has 0 radical (unpaired) electrons. The second-order valence-corrected chi connectivity index (χ2v) is 8.31. The minimum absolute atomic E-state index is 0.343. The SMILES string of the molecule is Cc1cc(C(=O)COC(=O)CN2C(=O)[C@H]3CC=CC[C@H]3C2=O)c(C)n1-c1nccs1. The van der Waals surface area contributed by atoms with E-state index >= 15 is 0 Å². The molecule has 1 fully saturated rings. The van der Waals surface area contributed by atoms with Crippen molar-refractivity contribution in [2.45, 2.75) is 26.7 Å². The summed E-state index contributed by atoms with van der Waals surface area (Å²) in [5.74, 6) is -2.60. The number of ether oxygens (including phenoxy) is 1. The van der Waals surface area contributed by atoms with Crippen LogP contribution >= 0.6 is 11.3 Å². The highest BCUT2D eigenvalue weighted by Crippen LogP contribution is 2.34. The molecule has 1 aliphatic carbocycles. The van der Waals surface area contributed by atoms with Crippen molar-refractivity contribution in [2.24, 2.45) is 11.8 Å². The number of esters is 1. The van der Waals surface area contributed by atoms with E-state index in [0.717, 1.165) is 15.7 Å².